The normalized spacial score (nSPS) is 17.3. The van der Waals surface area contributed by atoms with Crippen LogP contribution in [0.2, 0.25) is 0 Å². The van der Waals surface area contributed by atoms with E-state index in [1.807, 2.05) is 36.3 Å². The monoisotopic (exact) mass is 1420 g/mol. The highest BCUT2D eigenvalue weighted by Gasteiger charge is 2.48. The second-order valence-electron chi connectivity index (χ2n) is 22.5. The van der Waals surface area contributed by atoms with Crippen molar-refractivity contribution in [3.8, 4) is 0 Å². The molecule has 34 heteroatoms. The van der Waals surface area contributed by atoms with Gasteiger partial charge in [0.25, 0.3) is 52.3 Å². The standard InChI is InChI=1S/C61H81N3O27S4/c1-60(2)53(7-6-8-54-61(3,16-20-83-26-29-87-32-31-85-24-23-81-5)59-48-40-44(93(71,72)73)42-52(95(77,78)79)46(48)10-12-50(59)63(54)17-21-80-4)62(49-11-9-45-47(58(49)60)39-43(92(68,69)70)41-51(45)94(74,75)76)18-22-84-27-30-88-34-36-90-38-37-89-35-33-86-28-25-82-19-15-57(67)91-64-55(65)13-14-56(64)66/h6-12,39-42H,13-38H2,1-5H3,(H3-,68,69,70,71,72,73,74,75,76,77,78,79)/p+1. The SMILES string of the molecule is COCCOCCOCCOCCC1(C)/C(=C\C=C\C2=[N+](CCOCCOCCOCCOCCOCCOCCC(=O)ON3C(=O)CCC3=O)c3ccc4c(S(=O)(=O)O)cc(S(=O)(=O)O)cc4c3C2(C)C)N(CCOC)c2ccc3c(S(=O)(=O)O)cc(S(=O)(=O)O)cc3c21. The fourth-order valence-electron chi connectivity index (χ4n) is 11.3. The summed E-state index contributed by atoms with van der Waals surface area (Å²) < 4.78 is 208. The Hall–Kier alpha value is -5.84. The average molecular weight is 1420 g/mol. The molecule has 0 saturated carbocycles. The van der Waals surface area contributed by atoms with Crippen LogP contribution in [-0.4, -0.2) is 244 Å². The van der Waals surface area contributed by atoms with Gasteiger partial charge in [-0.2, -0.15) is 38.2 Å². The quantitative estimate of drug-likeness (QED) is 0.0206. The molecular weight excluding hydrogens is 1330 g/mol. The second-order valence-corrected chi connectivity index (χ2v) is 28.1. The van der Waals surface area contributed by atoms with Crippen molar-refractivity contribution in [3.05, 3.63) is 83.6 Å². The molecule has 3 aliphatic heterocycles. The van der Waals surface area contributed by atoms with E-state index in [-0.39, 0.29) is 166 Å². The molecule has 0 spiro atoms. The van der Waals surface area contributed by atoms with Crippen molar-refractivity contribution in [1.82, 2.24) is 5.06 Å². The largest absolute Gasteiger partial charge is 0.383 e. The molecule has 1 unspecified atom stereocenters. The highest BCUT2D eigenvalue weighted by molar-refractivity contribution is 7.87. The van der Waals surface area contributed by atoms with E-state index in [2.05, 4.69) is 0 Å². The number of benzene rings is 4. The predicted molar refractivity (Wildman–Crippen MR) is 339 cm³/mol. The number of anilines is 1. The number of ether oxygens (including phenoxy) is 11. The molecule has 1 atom stereocenters. The molecule has 4 aromatic carbocycles. The number of carbonyl (C=O) groups excluding carboxylic acids is 3. The van der Waals surface area contributed by atoms with Crippen LogP contribution in [0.3, 0.4) is 0 Å². The molecule has 0 aliphatic carbocycles. The first kappa shape index (κ1) is 76.5. The summed E-state index contributed by atoms with van der Waals surface area (Å²) in [6.45, 7) is 10.5. The number of imide groups is 1. The fraction of sp³-hybridized carbons (Fsp3) is 0.541. The maximum Gasteiger partial charge on any atom is 0.335 e. The summed E-state index contributed by atoms with van der Waals surface area (Å²) in [6, 6.07) is 9.79. The molecule has 30 nitrogen and oxygen atoms in total. The molecule has 4 N–H and O–H groups in total. The van der Waals surface area contributed by atoms with E-state index in [1.165, 1.54) is 19.2 Å². The molecule has 95 heavy (non-hydrogen) atoms. The zero-order chi connectivity index (χ0) is 69.2. The van der Waals surface area contributed by atoms with Crippen LogP contribution in [0.4, 0.5) is 11.4 Å². The Balaban J connectivity index is 1.07. The van der Waals surface area contributed by atoms with E-state index in [1.54, 1.807) is 31.4 Å². The summed E-state index contributed by atoms with van der Waals surface area (Å²) in [5, 5.41) is 0.608. The molecule has 4 aromatic rings. The van der Waals surface area contributed by atoms with Crippen LogP contribution in [-0.2, 0) is 123 Å². The average Bonchev–Trinajstić information content (AvgIpc) is 1.60. The molecule has 0 aromatic heterocycles. The van der Waals surface area contributed by atoms with Gasteiger partial charge in [-0.05, 0) is 86.0 Å². The van der Waals surface area contributed by atoms with Gasteiger partial charge in [0.2, 0.25) is 5.69 Å². The summed E-state index contributed by atoms with van der Waals surface area (Å²) in [5.41, 5.74) is 0.780. The number of fused-ring (bicyclic) bond motifs is 6. The van der Waals surface area contributed by atoms with Gasteiger partial charge in [0, 0.05) is 85.5 Å². The Morgan fingerprint density at radius 1 is 0.526 bits per heavy atom. The zero-order valence-corrected chi connectivity index (χ0v) is 56.7. The molecule has 526 valence electrons. The number of rotatable bonds is 43. The van der Waals surface area contributed by atoms with Gasteiger partial charge in [0.1, 0.15) is 16.4 Å². The highest BCUT2D eigenvalue weighted by Crippen LogP contribution is 2.54. The van der Waals surface area contributed by atoms with Gasteiger partial charge < -0.3 is 61.8 Å². The minimum atomic E-state index is -5.09. The Morgan fingerprint density at radius 2 is 0.958 bits per heavy atom. The zero-order valence-electron chi connectivity index (χ0n) is 53.4. The molecule has 7 rings (SSSR count). The van der Waals surface area contributed by atoms with Gasteiger partial charge in [0.15, 0.2) is 12.3 Å². The van der Waals surface area contributed by atoms with Crippen molar-refractivity contribution in [3.63, 3.8) is 0 Å². The lowest BCUT2D eigenvalue weighted by Crippen LogP contribution is -2.32. The van der Waals surface area contributed by atoms with E-state index in [4.69, 9.17) is 56.9 Å². The first-order valence-electron chi connectivity index (χ1n) is 30.2. The topological polar surface area (TPSA) is 389 Å². The van der Waals surface area contributed by atoms with Gasteiger partial charge >= 0.3 is 5.97 Å². The van der Waals surface area contributed by atoms with Gasteiger partial charge in [-0.1, -0.05) is 12.1 Å². The Kier molecular flexibility index (Phi) is 27.9. The lowest BCUT2D eigenvalue weighted by Gasteiger charge is -2.31. The van der Waals surface area contributed by atoms with Crippen LogP contribution in [0, 0.1) is 0 Å². The summed E-state index contributed by atoms with van der Waals surface area (Å²) in [6.07, 6.45) is 5.40. The van der Waals surface area contributed by atoms with Crippen molar-refractivity contribution in [2.45, 2.75) is 76.9 Å². The number of nitrogens with zero attached hydrogens (tertiary/aromatic N) is 3. The van der Waals surface area contributed by atoms with Crippen LogP contribution in [0.25, 0.3) is 21.5 Å². The molecule has 2 amide bonds. The fourth-order valence-corrected chi connectivity index (χ4v) is 14.0. The van der Waals surface area contributed by atoms with Gasteiger partial charge in [-0.3, -0.25) is 27.8 Å². The number of carbonyl (C=O) groups is 3. The minimum absolute atomic E-state index is 0.00541. The molecule has 1 fully saturated rings. The van der Waals surface area contributed by atoms with Crippen LogP contribution >= 0.6 is 0 Å². The molecular formula is C61H82N3O27S4+. The third kappa shape index (κ3) is 20.2. The van der Waals surface area contributed by atoms with Crippen molar-refractivity contribution in [2.75, 3.05) is 164 Å². The number of allylic oxidation sites excluding steroid dienone is 4. The number of amides is 2. The van der Waals surface area contributed by atoms with E-state index in [9.17, 15) is 66.3 Å². The number of hydroxylamine groups is 2. The predicted octanol–water partition coefficient (Wildman–Crippen LogP) is 4.40. The minimum Gasteiger partial charge on any atom is -0.383 e. The summed E-state index contributed by atoms with van der Waals surface area (Å²) in [4.78, 5) is 38.6. The highest BCUT2D eigenvalue weighted by atomic mass is 32.2. The van der Waals surface area contributed by atoms with Crippen LogP contribution in [0.5, 0.6) is 0 Å². The summed E-state index contributed by atoms with van der Waals surface area (Å²) in [5.74, 6) is -1.88. The Bertz CT molecular complexity index is 3940. The molecule has 3 heterocycles. The van der Waals surface area contributed by atoms with Crippen LogP contribution in [0.15, 0.2) is 92.0 Å². The Morgan fingerprint density at radius 3 is 1.42 bits per heavy atom. The van der Waals surface area contributed by atoms with Crippen molar-refractivity contribution >= 4 is 96.9 Å². The first-order valence-corrected chi connectivity index (χ1v) is 36.0. The van der Waals surface area contributed by atoms with E-state index in [0.29, 0.717) is 77.5 Å². The van der Waals surface area contributed by atoms with Crippen LogP contribution in [0.1, 0.15) is 57.6 Å². The second kappa shape index (κ2) is 34.6. The molecule has 3 aliphatic rings. The first-order chi connectivity index (χ1) is 45.0. The smallest absolute Gasteiger partial charge is 0.335 e. The lowest BCUT2D eigenvalue weighted by atomic mass is 9.76. The van der Waals surface area contributed by atoms with Gasteiger partial charge in [-0.15, -0.1) is 5.06 Å². The third-order valence-electron chi connectivity index (χ3n) is 15.7. The molecule has 0 bridgehead atoms. The lowest BCUT2D eigenvalue weighted by molar-refractivity contribution is -0.442. The summed E-state index contributed by atoms with van der Waals surface area (Å²) in [7, 11) is -17.2. The maximum atomic E-state index is 13.0. The van der Waals surface area contributed by atoms with Crippen LogP contribution < -0.4 is 4.90 Å². The van der Waals surface area contributed by atoms with Crippen molar-refractivity contribution in [2.24, 2.45) is 0 Å². The Labute approximate surface area is 551 Å². The maximum absolute atomic E-state index is 13.0. The van der Waals surface area contributed by atoms with E-state index < -0.39 is 88.7 Å². The van der Waals surface area contributed by atoms with Crippen molar-refractivity contribution < 1.29 is 128 Å². The van der Waals surface area contributed by atoms with Crippen molar-refractivity contribution in [1.29, 1.82) is 0 Å². The number of hydrogen-bond donors (Lipinski definition) is 4. The third-order valence-corrected chi connectivity index (χ3v) is 19.2. The van der Waals surface area contributed by atoms with E-state index >= 15 is 0 Å². The summed E-state index contributed by atoms with van der Waals surface area (Å²) >= 11 is 0. The van der Waals surface area contributed by atoms with Gasteiger partial charge in [0.05, 0.1) is 141 Å². The van der Waals surface area contributed by atoms with Gasteiger partial charge in [-0.25, -0.2) is 4.79 Å². The van der Waals surface area contributed by atoms with E-state index in [0.717, 1.165) is 12.1 Å². The molecule has 0 radical (unpaired) electrons. The number of methoxy groups -OCH3 is 2. The molecule has 1 saturated heterocycles. The number of hydrogen-bond acceptors (Lipinski definition) is 24.